The molecular weight excluding hydrogens is 286 g/mol. The van der Waals surface area contributed by atoms with Crippen LogP contribution in [0.25, 0.3) is 0 Å². The van der Waals surface area contributed by atoms with Gasteiger partial charge in [0, 0.05) is 6.61 Å². The van der Waals surface area contributed by atoms with Crippen LogP contribution in [0, 0.1) is 0 Å². The van der Waals surface area contributed by atoms with Crippen molar-refractivity contribution in [1.82, 2.24) is 5.16 Å². The van der Waals surface area contributed by atoms with Crippen LogP contribution in [-0.4, -0.2) is 29.1 Å². The Labute approximate surface area is 127 Å². The van der Waals surface area contributed by atoms with E-state index in [2.05, 4.69) is 5.16 Å². The van der Waals surface area contributed by atoms with E-state index in [0.717, 1.165) is 31.1 Å². The molecule has 2 aromatic rings. The molecule has 1 aromatic carbocycles. The summed E-state index contributed by atoms with van der Waals surface area (Å²) in [6.07, 6.45) is 2.95. The molecule has 2 heterocycles. The summed E-state index contributed by atoms with van der Waals surface area (Å²) in [7, 11) is 0. The third kappa shape index (κ3) is 3.18. The summed E-state index contributed by atoms with van der Waals surface area (Å²) in [6.45, 7) is 0.650. The Bertz CT molecular complexity index is 618. The third-order valence-corrected chi connectivity index (χ3v) is 3.60. The fourth-order valence-electron chi connectivity index (χ4n) is 2.49. The Balaban J connectivity index is 1.92. The number of rotatable bonds is 5. The molecule has 0 unspecified atom stereocenters. The van der Waals surface area contributed by atoms with Crippen LogP contribution in [-0.2, 0) is 9.47 Å². The van der Waals surface area contributed by atoms with Crippen LogP contribution in [0.1, 0.15) is 47.0 Å². The molecule has 1 saturated heterocycles. The Morgan fingerprint density at radius 1 is 1.32 bits per heavy atom. The normalized spacial score (nSPS) is 19.7. The van der Waals surface area contributed by atoms with Gasteiger partial charge in [-0.3, -0.25) is 0 Å². The number of carbonyl (C=O) groups is 1. The van der Waals surface area contributed by atoms with Crippen molar-refractivity contribution in [2.24, 2.45) is 0 Å². The zero-order valence-electron chi connectivity index (χ0n) is 12.0. The lowest BCUT2D eigenvalue weighted by molar-refractivity contribution is -0.182. The predicted molar refractivity (Wildman–Crippen MR) is 76.4 cm³/mol. The number of ether oxygens (including phenoxy) is 2. The molecule has 1 aliphatic heterocycles. The number of hydrogen-bond donors (Lipinski definition) is 1. The number of aromatic nitrogens is 1. The first-order valence-corrected chi connectivity index (χ1v) is 7.25. The van der Waals surface area contributed by atoms with Crippen LogP contribution < -0.4 is 0 Å². The smallest absolute Gasteiger partial charge is 0.341 e. The van der Waals surface area contributed by atoms with Crippen molar-refractivity contribution in [3.8, 4) is 0 Å². The average molecular weight is 303 g/mol. The molecule has 1 aliphatic rings. The second kappa shape index (κ2) is 6.72. The van der Waals surface area contributed by atoms with Gasteiger partial charge in [-0.25, -0.2) is 4.79 Å². The first kappa shape index (κ1) is 14.7. The van der Waals surface area contributed by atoms with Crippen LogP contribution in [0.3, 0.4) is 0 Å². The fourth-order valence-corrected chi connectivity index (χ4v) is 2.49. The maximum atomic E-state index is 11.3. The summed E-state index contributed by atoms with van der Waals surface area (Å²) < 4.78 is 16.5. The minimum atomic E-state index is -1.09. The zero-order valence-corrected chi connectivity index (χ0v) is 12.0. The van der Waals surface area contributed by atoms with Crippen molar-refractivity contribution in [2.45, 2.75) is 31.7 Å². The highest BCUT2D eigenvalue weighted by atomic mass is 16.7. The van der Waals surface area contributed by atoms with Crippen molar-refractivity contribution in [3.05, 3.63) is 53.4 Å². The van der Waals surface area contributed by atoms with Crippen LogP contribution in [0.15, 0.2) is 41.1 Å². The Kier molecular flexibility index (Phi) is 4.50. The van der Waals surface area contributed by atoms with Gasteiger partial charge in [-0.15, -0.1) is 0 Å². The van der Waals surface area contributed by atoms with Gasteiger partial charge in [0.25, 0.3) is 0 Å². The SMILES string of the molecule is O=C(O)c1conc1[C@H](O[C@@H]1CCCCO1)c1ccccc1. The van der Waals surface area contributed by atoms with Gasteiger partial charge < -0.3 is 19.1 Å². The van der Waals surface area contributed by atoms with Gasteiger partial charge in [-0.2, -0.15) is 0 Å². The largest absolute Gasteiger partial charge is 0.478 e. The number of nitrogens with zero attached hydrogens (tertiary/aromatic N) is 1. The summed E-state index contributed by atoms with van der Waals surface area (Å²) in [5, 5.41) is 13.1. The molecule has 6 nitrogen and oxygen atoms in total. The zero-order chi connectivity index (χ0) is 15.4. The minimum absolute atomic E-state index is 0.00432. The van der Waals surface area contributed by atoms with E-state index in [1.165, 1.54) is 0 Å². The lowest BCUT2D eigenvalue weighted by atomic mass is 10.0. The maximum Gasteiger partial charge on any atom is 0.341 e. The molecule has 0 radical (unpaired) electrons. The summed E-state index contributed by atoms with van der Waals surface area (Å²) in [5.41, 5.74) is 1.07. The topological polar surface area (TPSA) is 81.8 Å². The molecule has 0 bridgehead atoms. The van der Waals surface area contributed by atoms with Gasteiger partial charge in [0.05, 0.1) is 0 Å². The van der Waals surface area contributed by atoms with E-state index in [9.17, 15) is 9.90 Å². The van der Waals surface area contributed by atoms with Crippen molar-refractivity contribution in [1.29, 1.82) is 0 Å². The average Bonchev–Trinajstić information content (AvgIpc) is 3.04. The molecule has 6 heteroatoms. The van der Waals surface area contributed by atoms with Gasteiger partial charge in [0.15, 0.2) is 6.29 Å². The molecule has 0 saturated carbocycles. The van der Waals surface area contributed by atoms with Crippen LogP contribution in [0.4, 0.5) is 0 Å². The second-order valence-corrected chi connectivity index (χ2v) is 5.14. The van der Waals surface area contributed by atoms with Crippen molar-refractivity contribution in [2.75, 3.05) is 6.61 Å². The maximum absolute atomic E-state index is 11.3. The van der Waals surface area contributed by atoms with E-state index in [1.807, 2.05) is 30.3 Å². The lowest BCUT2D eigenvalue weighted by Crippen LogP contribution is -2.25. The first-order chi connectivity index (χ1) is 10.8. The molecule has 0 amide bonds. The second-order valence-electron chi connectivity index (χ2n) is 5.14. The van der Waals surface area contributed by atoms with E-state index >= 15 is 0 Å². The minimum Gasteiger partial charge on any atom is -0.478 e. The quantitative estimate of drug-likeness (QED) is 0.914. The standard InChI is InChI=1S/C16H17NO5/c18-16(19)12-10-21-17-14(12)15(11-6-2-1-3-7-11)22-13-8-4-5-9-20-13/h1-3,6-7,10,13,15H,4-5,8-9H2,(H,18,19)/t13-,15-/m1/s1. The Morgan fingerprint density at radius 3 is 2.82 bits per heavy atom. The molecule has 3 rings (SSSR count). The Hall–Kier alpha value is -2.18. The highest BCUT2D eigenvalue weighted by Gasteiger charge is 2.29. The molecule has 1 aromatic heterocycles. The number of aromatic carboxylic acids is 1. The lowest BCUT2D eigenvalue weighted by Gasteiger charge is -2.27. The number of carboxylic acid groups (broad SMARTS) is 1. The molecule has 1 N–H and O–H groups in total. The van der Waals surface area contributed by atoms with Crippen molar-refractivity contribution >= 4 is 5.97 Å². The number of carboxylic acids is 1. The number of hydrogen-bond acceptors (Lipinski definition) is 5. The molecule has 0 spiro atoms. The highest BCUT2D eigenvalue weighted by molar-refractivity contribution is 5.88. The van der Waals surface area contributed by atoms with Crippen molar-refractivity contribution < 1.29 is 23.9 Å². The summed E-state index contributed by atoms with van der Waals surface area (Å²) in [4.78, 5) is 11.3. The summed E-state index contributed by atoms with van der Waals surface area (Å²) in [6, 6.07) is 9.36. The van der Waals surface area contributed by atoms with Gasteiger partial charge in [0.1, 0.15) is 23.6 Å². The van der Waals surface area contributed by atoms with Crippen molar-refractivity contribution in [3.63, 3.8) is 0 Å². The monoisotopic (exact) mass is 303 g/mol. The van der Waals surface area contributed by atoms with Gasteiger partial charge in [-0.05, 0) is 24.8 Å². The van der Waals surface area contributed by atoms with Crippen LogP contribution >= 0.6 is 0 Å². The summed E-state index contributed by atoms with van der Waals surface area (Å²) in [5.74, 6) is -1.09. The predicted octanol–water partition coefficient (Wildman–Crippen LogP) is 3.01. The number of benzene rings is 1. The molecule has 22 heavy (non-hydrogen) atoms. The van der Waals surface area contributed by atoms with E-state index in [1.54, 1.807) is 0 Å². The molecular formula is C16H17NO5. The molecule has 2 atom stereocenters. The fraction of sp³-hybridized carbons (Fsp3) is 0.375. The summed E-state index contributed by atoms with van der Waals surface area (Å²) >= 11 is 0. The molecule has 116 valence electrons. The molecule has 0 aliphatic carbocycles. The molecule has 1 fully saturated rings. The van der Waals surface area contributed by atoms with Crippen LogP contribution in [0.5, 0.6) is 0 Å². The highest BCUT2D eigenvalue weighted by Crippen LogP contribution is 2.31. The van der Waals surface area contributed by atoms with Crippen LogP contribution in [0.2, 0.25) is 0 Å². The van der Waals surface area contributed by atoms with E-state index in [0.29, 0.717) is 6.61 Å². The third-order valence-electron chi connectivity index (χ3n) is 3.60. The van der Waals surface area contributed by atoms with Gasteiger partial charge in [-0.1, -0.05) is 35.5 Å². The van der Waals surface area contributed by atoms with E-state index in [-0.39, 0.29) is 17.5 Å². The Morgan fingerprint density at radius 2 is 2.14 bits per heavy atom. The van der Waals surface area contributed by atoms with E-state index in [4.69, 9.17) is 14.0 Å². The van der Waals surface area contributed by atoms with Gasteiger partial charge in [0.2, 0.25) is 0 Å². The van der Waals surface area contributed by atoms with E-state index < -0.39 is 12.1 Å². The first-order valence-electron chi connectivity index (χ1n) is 7.25. The van der Waals surface area contributed by atoms with Gasteiger partial charge >= 0.3 is 5.97 Å².